The molecule has 1 fully saturated rings. The molecule has 2 N–H and O–H groups in total. The highest BCUT2D eigenvalue weighted by Crippen LogP contribution is 2.29. The molecule has 6 heteroatoms. The Hall–Kier alpha value is -0.880. The standard InChI is InChI=1S/C9H15N3O2S/c1-7(8-3-2-4-8)12-15(13,14)9-5-6-10-11-9/h5-8,12H,2-4H2,1H3,(H,10,11). The van der Waals surface area contributed by atoms with Crippen molar-refractivity contribution in [1.82, 2.24) is 14.9 Å². The zero-order valence-corrected chi connectivity index (χ0v) is 9.42. The summed E-state index contributed by atoms with van der Waals surface area (Å²) in [5.74, 6) is 0.489. The molecule has 1 heterocycles. The Morgan fingerprint density at radius 2 is 2.33 bits per heavy atom. The Kier molecular flexibility index (Phi) is 2.79. The Bertz CT molecular complexity index is 409. The van der Waals surface area contributed by atoms with Gasteiger partial charge in [0.1, 0.15) is 0 Å². The third-order valence-corrected chi connectivity index (χ3v) is 4.45. The summed E-state index contributed by atoms with van der Waals surface area (Å²) in [4.78, 5) is 0. The molecule has 1 unspecified atom stereocenters. The fourth-order valence-electron chi connectivity index (χ4n) is 1.74. The lowest BCUT2D eigenvalue weighted by Gasteiger charge is -2.31. The normalized spacial score (nSPS) is 19.8. The molecule has 0 amide bonds. The number of hydrogen-bond donors (Lipinski definition) is 2. The number of hydrogen-bond acceptors (Lipinski definition) is 3. The lowest BCUT2D eigenvalue weighted by atomic mass is 9.81. The number of aromatic amines is 1. The van der Waals surface area contributed by atoms with Gasteiger partial charge >= 0.3 is 0 Å². The lowest BCUT2D eigenvalue weighted by Crippen LogP contribution is -2.40. The van der Waals surface area contributed by atoms with Crippen molar-refractivity contribution in [3.05, 3.63) is 12.3 Å². The summed E-state index contributed by atoms with van der Waals surface area (Å²) in [7, 11) is -3.41. The molecule has 0 bridgehead atoms. The van der Waals surface area contributed by atoms with E-state index < -0.39 is 10.0 Å². The third-order valence-electron chi connectivity index (χ3n) is 2.96. The first-order chi connectivity index (χ1) is 7.09. The van der Waals surface area contributed by atoms with Crippen LogP contribution in [0.5, 0.6) is 0 Å². The van der Waals surface area contributed by atoms with Crippen LogP contribution in [-0.4, -0.2) is 24.7 Å². The van der Waals surface area contributed by atoms with Crippen molar-refractivity contribution in [1.29, 1.82) is 0 Å². The van der Waals surface area contributed by atoms with Gasteiger partial charge in [0.05, 0.1) is 6.20 Å². The summed E-state index contributed by atoms with van der Waals surface area (Å²) < 4.78 is 26.2. The van der Waals surface area contributed by atoms with E-state index in [2.05, 4.69) is 14.9 Å². The average molecular weight is 229 g/mol. The molecule has 1 aromatic heterocycles. The molecule has 5 nitrogen and oxygen atoms in total. The van der Waals surface area contributed by atoms with Crippen molar-refractivity contribution < 1.29 is 8.42 Å². The van der Waals surface area contributed by atoms with Gasteiger partial charge in [-0.1, -0.05) is 6.42 Å². The molecular weight excluding hydrogens is 214 g/mol. The second-order valence-electron chi connectivity index (χ2n) is 4.02. The van der Waals surface area contributed by atoms with Crippen LogP contribution in [0, 0.1) is 5.92 Å². The smallest absolute Gasteiger partial charge is 0.257 e. The Morgan fingerprint density at radius 1 is 1.60 bits per heavy atom. The van der Waals surface area contributed by atoms with Crippen molar-refractivity contribution in [2.24, 2.45) is 5.92 Å². The van der Waals surface area contributed by atoms with Gasteiger partial charge in [-0.25, -0.2) is 13.1 Å². The summed E-state index contributed by atoms with van der Waals surface area (Å²) >= 11 is 0. The molecule has 84 valence electrons. The maximum absolute atomic E-state index is 11.8. The Morgan fingerprint density at radius 3 is 2.80 bits per heavy atom. The molecule has 2 rings (SSSR count). The molecule has 0 aliphatic heterocycles. The predicted molar refractivity (Wildman–Crippen MR) is 55.7 cm³/mol. The van der Waals surface area contributed by atoms with Gasteiger partial charge in [-0.2, -0.15) is 5.10 Å². The second kappa shape index (κ2) is 3.94. The number of nitrogens with one attached hydrogen (secondary N) is 2. The van der Waals surface area contributed by atoms with Crippen LogP contribution >= 0.6 is 0 Å². The van der Waals surface area contributed by atoms with Gasteiger partial charge in [-0.05, 0) is 31.7 Å². The number of sulfonamides is 1. The van der Waals surface area contributed by atoms with E-state index in [0.717, 1.165) is 12.8 Å². The molecule has 0 spiro atoms. The zero-order chi connectivity index (χ0) is 10.9. The minimum absolute atomic E-state index is 0.00653. The molecule has 0 aromatic carbocycles. The molecular formula is C9H15N3O2S. The fourth-order valence-corrected chi connectivity index (χ4v) is 2.96. The number of aromatic nitrogens is 2. The molecule has 1 saturated carbocycles. The number of H-pyrrole nitrogens is 1. The largest absolute Gasteiger partial charge is 0.266 e. The van der Waals surface area contributed by atoms with Crippen molar-refractivity contribution >= 4 is 10.0 Å². The van der Waals surface area contributed by atoms with Gasteiger partial charge < -0.3 is 0 Å². The van der Waals surface area contributed by atoms with Crippen LogP contribution in [-0.2, 0) is 10.0 Å². The van der Waals surface area contributed by atoms with E-state index in [9.17, 15) is 8.42 Å². The highest BCUT2D eigenvalue weighted by Gasteiger charge is 2.28. The van der Waals surface area contributed by atoms with Crippen molar-refractivity contribution in [2.75, 3.05) is 0 Å². The summed E-state index contributed by atoms with van der Waals surface area (Å²) in [5, 5.41) is 6.22. The van der Waals surface area contributed by atoms with E-state index in [1.807, 2.05) is 6.92 Å². The Balaban J connectivity index is 2.04. The van der Waals surface area contributed by atoms with Gasteiger partial charge in [0.15, 0.2) is 5.03 Å². The van der Waals surface area contributed by atoms with Crippen molar-refractivity contribution in [2.45, 2.75) is 37.3 Å². The van der Waals surface area contributed by atoms with Crippen LogP contribution in [0.2, 0.25) is 0 Å². The maximum atomic E-state index is 11.8. The van der Waals surface area contributed by atoms with Crippen LogP contribution in [0.4, 0.5) is 0 Å². The summed E-state index contributed by atoms with van der Waals surface area (Å²) in [6, 6.07) is 1.46. The van der Waals surface area contributed by atoms with Crippen molar-refractivity contribution in [3.8, 4) is 0 Å². The maximum Gasteiger partial charge on any atom is 0.257 e. The van der Waals surface area contributed by atoms with Gasteiger partial charge in [0.2, 0.25) is 0 Å². The highest BCUT2D eigenvalue weighted by atomic mass is 32.2. The molecule has 15 heavy (non-hydrogen) atoms. The summed E-state index contributed by atoms with van der Waals surface area (Å²) in [6.07, 6.45) is 4.88. The van der Waals surface area contributed by atoms with Crippen molar-refractivity contribution in [3.63, 3.8) is 0 Å². The van der Waals surface area contributed by atoms with E-state index in [1.165, 1.54) is 18.7 Å². The molecule has 0 radical (unpaired) electrons. The Labute approximate surface area is 89.3 Å². The first kappa shape index (κ1) is 10.6. The van der Waals surface area contributed by atoms with Crippen LogP contribution in [0.25, 0.3) is 0 Å². The SMILES string of the molecule is CC(NS(=O)(=O)c1ccn[nH]1)C1CCC1. The topological polar surface area (TPSA) is 74.8 Å². The van der Waals surface area contributed by atoms with E-state index in [4.69, 9.17) is 0 Å². The van der Waals surface area contributed by atoms with Gasteiger partial charge in [-0.3, -0.25) is 5.10 Å². The van der Waals surface area contributed by atoms with Gasteiger partial charge in [0.25, 0.3) is 10.0 Å². The van der Waals surface area contributed by atoms with Crippen LogP contribution in [0.1, 0.15) is 26.2 Å². The fraction of sp³-hybridized carbons (Fsp3) is 0.667. The third kappa shape index (κ3) is 2.21. The van der Waals surface area contributed by atoms with Crippen LogP contribution in [0.15, 0.2) is 17.3 Å². The molecule has 1 aliphatic rings. The minimum Gasteiger partial charge on any atom is -0.266 e. The number of nitrogens with zero attached hydrogens (tertiary/aromatic N) is 1. The summed E-state index contributed by atoms with van der Waals surface area (Å²) in [5.41, 5.74) is 0. The summed E-state index contributed by atoms with van der Waals surface area (Å²) in [6.45, 7) is 1.91. The lowest BCUT2D eigenvalue weighted by molar-refractivity contribution is 0.260. The van der Waals surface area contributed by atoms with Crippen LogP contribution < -0.4 is 4.72 Å². The van der Waals surface area contributed by atoms with E-state index in [-0.39, 0.29) is 11.1 Å². The number of rotatable bonds is 4. The predicted octanol–water partition coefficient (Wildman–Crippen LogP) is 0.877. The minimum atomic E-state index is -3.41. The first-order valence-corrected chi connectivity index (χ1v) is 6.59. The monoisotopic (exact) mass is 229 g/mol. The first-order valence-electron chi connectivity index (χ1n) is 5.11. The highest BCUT2D eigenvalue weighted by molar-refractivity contribution is 7.89. The van der Waals surface area contributed by atoms with Gasteiger partial charge in [-0.15, -0.1) is 0 Å². The van der Waals surface area contributed by atoms with Gasteiger partial charge in [0, 0.05) is 6.04 Å². The second-order valence-corrected chi connectivity index (χ2v) is 5.70. The molecule has 0 saturated heterocycles. The molecule has 1 aliphatic carbocycles. The molecule has 1 aromatic rings. The van der Waals surface area contributed by atoms with E-state index >= 15 is 0 Å². The average Bonchev–Trinajstić information content (AvgIpc) is 2.49. The van der Waals surface area contributed by atoms with E-state index in [0.29, 0.717) is 5.92 Å². The molecule has 1 atom stereocenters. The van der Waals surface area contributed by atoms with E-state index in [1.54, 1.807) is 0 Å². The van der Waals surface area contributed by atoms with Crippen LogP contribution in [0.3, 0.4) is 0 Å². The zero-order valence-electron chi connectivity index (χ0n) is 8.60. The quantitative estimate of drug-likeness (QED) is 0.804.